The number of nitrogens with zero attached hydrogens (tertiary/aromatic N) is 1. The van der Waals surface area contributed by atoms with Gasteiger partial charge in [0, 0.05) is 23.6 Å². The highest BCUT2D eigenvalue weighted by atomic mass is 35.5. The molecule has 2 aliphatic carbocycles. The molecule has 1 aliphatic heterocycles. The predicted molar refractivity (Wildman–Crippen MR) is 97.3 cm³/mol. The van der Waals surface area contributed by atoms with Gasteiger partial charge in [0.15, 0.2) is 11.9 Å². The van der Waals surface area contributed by atoms with Crippen molar-refractivity contribution in [2.24, 2.45) is 5.92 Å². The molecule has 1 fully saturated rings. The van der Waals surface area contributed by atoms with Crippen LogP contribution in [0.15, 0.2) is 29.3 Å². The number of hydrogen-bond donors (Lipinski definition) is 0. The van der Waals surface area contributed by atoms with E-state index in [1.54, 1.807) is 18.2 Å². The smallest absolute Gasteiger partial charge is 0.261 e. The molecule has 0 saturated heterocycles. The number of rotatable bonds is 3. The minimum atomic E-state index is -0.519. The summed E-state index contributed by atoms with van der Waals surface area (Å²) in [5.74, 6) is 0.186. The number of benzene rings is 1. The first-order valence-corrected chi connectivity index (χ1v) is 9.43. The van der Waals surface area contributed by atoms with Gasteiger partial charge in [-0.2, -0.15) is 0 Å². The Hall–Kier alpha value is -2.14. The van der Waals surface area contributed by atoms with E-state index in [1.807, 2.05) is 6.92 Å². The van der Waals surface area contributed by atoms with Crippen LogP contribution in [0.25, 0.3) is 0 Å². The zero-order chi connectivity index (χ0) is 18.4. The summed E-state index contributed by atoms with van der Waals surface area (Å²) < 4.78 is 5.83. The van der Waals surface area contributed by atoms with Crippen molar-refractivity contribution >= 4 is 34.9 Å². The van der Waals surface area contributed by atoms with Gasteiger partial charge in [0.05, 0.1) is 10.7 Å². The number of halogens is 1. The first-order valence-electron chi connectivity index (χ1n) is 9.05. The number of amides is 2. The zero-order valence-electron chi connectivity index (χ0n) is 14.6. The van der Waals surface area contributed by atoms with Gasteiger partial charge >= 0.3 is 0 Å². The second-order valence-corrected chi connectivity index (χ2v) is 7.75. The highest BCUT2D eigenvalue weighted by Gasteiger charge is 2.40. The molecule has 0 bridgehead atoms. The van der Waals surface area contributed by atoms with Crippen LogP contribution in [0.3, 0.4) is 0 Å². The minimum Gasteiger partial charge on any atom is -0.481 e. The topological polar surface area (TPSA) is 63.7 Å². The lowest BCUT2D eigenvalue weighted by molar-refractivity contribution is -0.123. The first kappa shape index (κ1) is 17.3. The summed E-state index contributed by atoms with van der Waals surface area (Å²) in [5.41, 5.74) is 1.71. The molecule has 2 amide bonds. The summed E-state index contributed by atoms with van der Waals surface area (Å²) in [7, 11) is 0. The van der Waals surface area contributed by atoms with Crippen LogP contribution in [0.2, 0.25) is 5.02 Å². The Balaban J connectivity index is 1.62. The van der Waals surface area contributed by atoms with Gasteiger partial charge in [-0.25, -0.2) is 4.90 Å². The number of ether oxygens (including phenoxy) is 1. The lowest BCUT2D eigenvalue weighted by atomic mass is 9.93. The molecule has 2 unspecified atom stereocenters. The van der Waals surface area contributed by atoms with Crippen LogP contribution in [0.1, 0.15) is 45.4 Å². The number of ketones is 1. The predicted octanol–water partition coefficient (Wildman–Crippen LogP) is 3.83. The van der Waals surface area contributed by atoms with E-state index < -0.39 is 6.10 Å². The molecule has 4 rings (SSSR count). The molecule has 0 radical (unpaired) electrons. The van der Waals surface area contributed by atoms with Gasteiger partial charge in [0.2, 0.25) is 0 Å². The van der Waals surface area contributed by atoms with Crippen molar-refractivity contribution < 1.29 is 19.1 Å². The third-order valence-corrected chi connectivity index (χ3v) is 5.67. The molecule has 1 heterocycles. The summed E-state index contributed by atoms with van der Waals surface area (Å²) in [6.45, 7) is 2.01. The highest BCUT2D eigenvalue weighted by molar-refractivity contribution is 6.34. The van der Waals surface area contributed by atoms with Gasteiger partial charge in [-0.1, -0.05) is 18.5 Å². The second kappa shape index (κ2) is 6.54. The lowest BCUT2D eigenvalue weighted by Gasteiger charge is -2.19. The van der Waals surface area contributed by atoms with Crippen molar-refractivity contribution in [3.05, 3.63) is 34.4 Å². The van der Waals surface area contributed by atoms with Crippen molar-refractivity contribution in [1.82, 2.24) is 0 Å². The molecule has 6 heteroatoms. The van der Waals surface area contributed by atoms with Crippen LogP contribution in [0.4, 0.5) is 5.69 Å². The summed E-state index contributed by atoms with van der Waals surface area (Å²) >= 11 is 6.23. The summed E-state index contributed by atoms with van der Waals surface area (Å²) in [6.07, 6.45) is 3.81. The van der Waals surface area contributed by atoms with Crippen molar-refractivity contribution in [3.8, 4) is 5.75 Å². The Morgan fingerprint density at radius 3 is 2.31 bits per heavy atom. The maximum Gasteiger partial charge on any atom is 0.261 e. The molecule has 3 aliphatic rings. The van der Waals surface area contributed by atoms with Crippen LogP contribution >= 0.6 is 11.6 Å². The van der Waals surface area contributed by atoms with Gasteiger partial charge in [-0.3, -0.25) is 14.4 Å². The Morgan fingerprint density at radius 1 is 1.08 bits per heavy atom. The average Bonchev–Trinajstić information content (AvgIpc) is 3.07. The quantitative estimate of drug-likeness (QED) is 0.755. The van der Waals surface area contributed by atoms with E-state index in [2.05, 4.69) is 0 Å². The number of anilines is 1. The Morgan fingerprint density at radius 2 is 1.73 bits per heavy atom. The van der Waals surface area contributed by atoms with Crippen LogP contribution in [-0.2, 0) is 14.4 Å². The fourth-order valence-corrected chi connectivity index (χ4v) is 4.18. The summed E-state index contributed by atoms with van der Waals surface area (Å²) in [5, 5.41) is 0.359. The third-order valence-electron chi connectivity index (χ3n) is 5.36. The fourth-order valence-electron chi connectivity index (χ4n) is 4.02. The Labute approximate surface area is 156 Å². The van der Waals surface area contributed by atoms with Crippen LogP contribution in [0, 0.1) is 5.92 Å². The average molecular weight is 374 g/mol. The maximum absolute atomic E-state index is 12.7. The monoisotopic (exact) mass is 373 g/mol. The van der Waals surface area contributed by atoms with Crippen molar-refractivity contribution in [1.29, 1.82) is 0 Å². The highest BCUT2D eigenvalue weighted by Crippen LogP contribution is 2.39. The van der Waals surface area contributed by atoms with E-state index in [-0.39, 0.29) is 23.5 Å². The standard InChI is InChI=1S/C20H20ClNO4/c1-11-8-16(23)18(9-11)26-17-10-12(6-7-15(17)21)22-19(24)13-4-2-3-5-14(13)20(22)25/h6-7,10-11,18H,2-5,8-9H2,1H3. The van der Waals surface area contributed by atoms with Crippen molar-refractivity contribution in [2.75, 3.05) is 4.90 Å². The van der Waals surface area contributed by atoms with Crippen LogP contribution in [0.5, 0.6) is 5.75 Å². The molecule has 136 valence electrons. The SMILES string of the molecule is CC1CC(=O)C(Oc2cc(N3C(=O)C4=C(CCCC4)C3=O)ccc2Cl)C1. The van der Waals surface area contributed by atoms with E-state index in [4.69, 9.17) is 16.3 Å². The van der Waals surface area contributed by atoms with Crippen molar-refractivity contribution in [2.45, 2.75) is 51.6 Å². The normalized spacial score (nSPS) is 25.9. The molecule has 2 atom stereocenters. The van der Waals surface area contributed by atoms with Gasteiger partial charge in [0.1, 0.15) is 5.75 Å². The van der Waals surface area contributed by atoms with Crippen LogP contribution in [-0.4, -0.2) is 23.7 Å². The van der Waals surface area contributed by atoms with Gasteiger partial charge in [-0.05, 0) is 50.2 Å². The largest absolute Gasteiger partial charge is 0.481 e. The van der Waals surface area contributed by atoms with E-state index in [9.17, 15) is 14.4 Å². The second-order valence-electron chi connectivity index (χ2n) is 7.34. The molecule has 0 aromatic heterocycles. The summed E-state index contributed by atoms with van der Waals surface area (Å²) in [6, 6.07) is 4.84. The number of Topliss-reactive ketones (excluding diaryl/α,β-unsaturated/α-hetero) is 1. The molecule has 1 aromatic carbocycles. The first-order chi connectivity index (χ1) is 12.5. The van der Waals surface area contributed by atoms with Gasteiger partial charge < -0.3 is 4.74 Å². The molecular formula is C20H20ClNO4. The Kier molecular flexibility index (Phi) is 4.35. The number of hydrogen-bond acceptors (Lipinski definition) is 4. The van der Waals surface area contributed by atoms with E-state index in [0.29, 0.717) is 53.3 Å². The van der Waals surface area contributed by atoms with Crippen LogP contribution < -0.4 is 9.64 Å². The molecule has 0 spiro atoms. The Bertz CT molecular complexity index is 816. The van der Waals surface area contributed by atoms with E-state index in [0.717, 1.165) is 12.8 Å². The molecule has 5 nitrogen and oxygen atoms in total. The molecule has 1 aromatic rings. The fraction of sp³-hybridized carbons (Fsp3) is 0.450. The lowest BCUT2D eigenvalue weighted by Crippen LogP contribution is -2.31. The number of carbonyl (C=O) groups excluding carboxylic acids is 3. The number of carbonyl (C=O) groups is 3. The maximum atomic E-state index is 12.7. The zero-order valence-corrected chi connectivity index (χ0v) is 15.3. The molecule has 1 saturated carbocycles. The minimum absolute atomic E-state index is 0.0597. The van der Waals surface area contributed by atoms with Gasteiger partial charge in [0.25, 0.3) is 11.8 Å². The third kappa shape index (κ3) is 2.84. The summed E-state index contributed by atoms with van der Waals surface area (Å²) in [4.78, 5) is 38.6. The molecular weight excluding hydrogens is 354 g/mol. The van der Waals surface area contributed by atoms with E-state index >= 15 is 0 Å². The molecule has 0 N–H and O–H groups in total. The number of imide groups is 1. The van der Waals surface area contributed by atoms with Gasteiger partial charge in [-0.15, -0.1) is 0 Å². The molecule has 26 heavy (non-hydrogen) atoms. The van der Waals surface area contributed by atoms with Crippen molar-refractivity contribution in [3.63, 3.8) is 0 Å². The van der Waals surface area contributed by atoms with E-state index in [1.165, 1.54) is 4.90 Å².